The van der Waals surface area contributed by atoms with Gasteiger partial charge in [0.25, 0.3) is 0 Å². The highest BCUT2D eigenvalue weighted by molar-refractivity contribution is 5.94. The number of hydrogen-bond donors (Lipinski definition) is 3. The molecule has 0 unspecified atom stereocenters. The predicted molar refractivity (Wildman–Crippen MR) is 76.5 cm³/mol. The number of anilines is 1. The van der Waals surface area contributed by atoms with Gasteiger partial charge in [-0.05, 0) is 25.5 Å². The Morgan fingerprint density at radius 1 is 1.38 bits per heavy atom. The van der Waals surface area contributed by atoms with Crippen LogP contribution in [0.25, 0.3) is 0 Å². The van der Waals surface area contributed by atoms with Gasteiger partial charge in [-0.25, -0.2) is 0 Å². The third-order valence-corrected chi connectivity index (χ3v) is 3.18. The van der Waals surface area contributed by atoms with Crippen LogP contribution >= 0.6 is 0 Å². The zero-order valence-corrected chi connectivity index (χ0v) is 12.4. The number of carbonyl (C=O) groups excluding carboxylic acids is 2. The van der Waals surface area contributed by atoms with E-state index >= 15 is 0 Å². The third kappa shape index (κ3) is 5.93. The molecule has 0 aliphatic heterocycles. The minimum absolute atomic E-state index is 0.00890. The van der Waals surface area contributed by atoms with Gasteiger partial charge in [-0.15, -0.1) is 0 Å². The Morgan fingerprint density at radius 3 is 2.67 bits per heavy atom. The first kappa shape index (κ1) is 17.1. The molecule has 1 rings (SSSR count). The van der Waals surface area contributed by atoms with Gasteiger partial charge in [-0.1, -0.05) is 17.7 Å². The van der Waals surface area contributed by atoms with Crippen molar-refractivity contribution in [2.24, 2.45) is 0 Å². The molecule has 0 fully saturated rings. The summed E-state index contributed by atoms with van der Waals surface area (Å²) in [4.78, 5) is 22.9. The van der Waals surface area contributed by atoms with Gasteiger partial charge < -0.3 is 25.6 Å². The smallest absolute Gasteiger partial charge is 0.230 e. The van der Waals surface area contributed by atoms with Crippen molar-refractivity contribution < 1.29 is 25.1 Å². The van der Waals surface area contributed by atoms with Gasteiger partial charge in [0.2, 0.25) is 5.91 Å². The molecule has 0 saturated heterocycles. The fourth-order valence-electron chi connectivity index (χ4n) is 2.03. The molecule has 0 aromatic heterocycles. The second kappa shape index (κ2) is 8.39. The number of quaternary nitrogens is 1. The van der Waals surface area contributed by atoms with E-state index in [0.29, 0.717) is 18.7 Å². The van der Waals surface area contributed by atoms with E-state index in [1.54, 1.807) is 6.07 Å². The summed E-state index contributed by atoms with van der Waals surface area (Å²) < 4.78 is 0. The van der Waals surface area contributed by atoms with E-state index in [0.717, 1.165) is 11.1 Å². The van der Waals surface area contributed by atoms with Crippen LogP contribution in [0, 0.1) is 13.8 Å². The van der Waals surface area contributed by atoms with Crippen molar-refractivity contribution in [3.05, 3.63) is 29.3 Å². The summed E-state index contributed by atoms with van der Waals surface area (Å²) >= 11 is 0. The second-order valence-corrected chi connectivity index (χ2v) is 5.10. The maximum Gasteiger partial charge on any atom is 0.230 e. The maximum atomic E-state index is 11.9. The minimum atomic E-state index is -1.27. The summed E-state index contributed by atoms with van der Waals surface area (Å²) in [7, 11) is 0. The predicted octanol–water partition coefficient (Wildman–Crippen LogP) is -1.30. The number of hydrogen-bond acceptors (Lipinski definition) is 4. The molecule has 0 saturated carbocycles. The van der Waals surface area contributed by atoms with Crippen LogP contribution in [0.5, 0.6) is 0 Å². The number of benzene rings is 1. The van der Waals surface area contributed by atoms with Crippen molar-refractivity contribution in [2.75, 3.05) is 18.5 Å². The number of nitrogens with one attached hydrogen (secondary N) is 1. The van der Waals surface area contributed by atoms with E-state index < -0.39 is 12.0 Å². The van der Waals surface area contributed by atoms with Crippen molar-refractivity contribution in [3.8, 4) is 0 Å². The summed E-state index contributed by atoms with van der Waals surface area (Å²) in [6.07, 6.45) is 0.309. The molecule has 4 N–H and O–H groups in total. The van der Waals surface area contributed by atoms with Gasteiger partial charge in [0.1, 0.15) is 6.04 Å². The normalized spacial score (nSPS) is 12.0. The van der Waals surface area contributed by atoms with E-state index in [9.17, 15) is 14.7 Å². The summed E-state index contributed by atoms with van der Waals surface area (Å²) in [5.41, 5.74) is 2.70. The molecule has 0 aliphatic rings. The zero-order chi connectivity index (χ0) is 15.8. The van der Waals surface area contributed by atoms with E-state index in [-0.39, 0.29) is 18.9 Å². The van der Waals surface area contributed by atoms with Crippen LogP contribution in [0.3, 0.4) is 0 Å². The van der Waals surface area contributed by atoms with Crippen LogP contribution in [-0.2, 0) is 9.59 Å². The van der Waals surface area contributed by atoms with Crippen molar-refractivity contribution >= 4 is 17.6 Å². The highest BCUT2D eigenvalue weighted by Gasteiger charge is 2.18. The quantitative estimate of drug-likeness (QED) is 0.518. The molecule has 6 nitrogen and oxygen atoms in total. The van der Waals surface area contributed by atoms with Gasteiger partial charge in [0, 0.05) is 18.7 Å². The molecule has 1 aromatic carbocycles. The van der Waals surface area contributed by atoms with Gasteiger partial charge in [0.15, 0.2) is 0 Å². The molecule has 116 valence electrons. The van der Waals surface area contributed by atoms with Crippen LogP contribution in [0.1, 0.15) is 24.0 Å². The van der Waals surface area contributed by atoms with E-state index in [1.165, 1.54) is 5.32 Å². The fraction of sp³-hybridized carbons (Fsp3) is 0.467. The molecule has 0 spiro atoms. The van der Waals surface area contributed by atoms with Gasteiger partial charge in [-0.2, -0.15) is 0 Å². The summed E-state index contributed by atoms with van der Waals surface area (Å²) in [6.45, 7) is 4.27. The number of aryl methyl sites for hydroxylation is 2. The van der Waals surface area contributed by atoms with Crippen molar-refractivity contribution in [2.45, 2.75) is 32.7 Å². The number of aliphatic hydroxyl groups is 1. The van der Waals surface area contributed by atoms with Crippen molar-refractivity contribution in [3.63, 3.8) is 0 Å². The van der Waals surface area contributed by atoms with E-state index in [1.807, 2.05) is 26.0 Å². The summed E-state index contributed by atoms with van der Waals surface area (Å²) in [5.74, 6) is -1.64. The molecule has 0 radical (unpaired) electrons. The van der Waals surface area contributed by atoms with Crippen LogP contribution < -0.4 is 15.7 Å². The van der Waals surface area contributed by atoms with E-state index in [2.05, 4.69) is 5.32 Å². The van der Waals surface area contributed by atoms with Crippen molar-refractivity contribution in [1.29, 1.82) is 0 Å². The monoisotopic (exact) mass is 294 g/mol. The molecule has 21 heavy (non-hydrogen) atoms. The third-order valence-electron chi connectivity index (χ3n) is 3.18. The number of carbonyl (C=O) groups is 2. The molecule has 1 aromatic rings. The Kier molecular flexibility index (Phi) is 6.84. The fourth-order valence-corrected chi connectivity index (χ4v) is 2.03. The SMILES string of the molecule is Cc1ccc(NC(=O)C[C@@H]([NH2+]CCCO)C(=O)[O-])c(C)c1. The molecule has 0 aliphatic carbocycles. The lowest BCUT2D eigenvalue weighted by atomic mass is 10.1. The first-order valence-electron chi connectivity index (χ1n) is 6.96. The maximum absolute atomic E-state index is 11.9. The Labute approximate surface area is 124 Å². The van der Waals surface area contributed by atoms with Crippen LogP contribution in [-0.4, -0.2) is 36.2 Å². The number of amides is 1. The standard InChI is InChI=1S/C15H22N2O4/c1-10-4-5-12(11(2)8-10)17-14(19)9-13(15(20)21)16-6-3-7-18/h4-5,8,13,16,18H,3,6-7,9H2,1-2H3,(H,17,19)(H,20,21)/t13-/m1/s1. The number of nitrogens with two attached hydrogens (primary N) is 1. The Bertz CT molecular complexity index is 502. The highest BCUT2D eigenvalue weighted by Crippen LogP contribution is 2.16. The minimum Gasteiger partial charge on any atom is -0.544 e. The highest BCUT2D eigenvalue weighted by atomic mass is 16.4. The van der Waals surface area contributed by atoms with Gasteiger partial charge in [-0.3, -0.25) is 4.79 Å². The molecule has 1 amide bonds. The van der Waals surface area contributed by atoms with Crippen LogP contribution in [0.4, 0.5) is 5.69 Å². The largest absolute Gasteiger partial charge is 0.544 e. The Hall–Kier alpha value is -1.92. The number of aliphatic carboxylic acids is 1. The van der Waals surface area contributed by atoms with Crippen molar-refractivity contribution in [1.82, 2.24) is 0 Å². The lowest BCUT2D eigenvalue weighted by Crippen LogP contribution is -2.93. The average Bonchev–Trinajstić information content (AvgIpc) is 2.41. The first-order valence-corrected chi connectivity index (χ1v) is 6.96. The molecular formula is C15H22N2O4. The van der Waals surface area contributed by atoms with Gasteiger partial charge >= 0.3 is 0 Å². The van der Waals surface area contributed by atoms with Gasteiger partial charge in [0.05, 0.1) is 18.9 Å². The molecular weight excluding hydrogens is 272 g/mol. The van der Waals surface area contributed by atoms with Crippen LogP contribution in [0.2, 0.25) is 0 Å². The number of carboxylic acids is 1. The van der Waals surface area contributed by atoms with E-state index in [4.69, 9.17) is 5.11 Å². The zero-order valence-electron chi connectivity index (χ0n) is 12.4. The molecule has 0 heterocycles. The first-order chi connectivity index (χ1) is 9.93. The molecule has 1 atom stereocenters. The number of rotatable bonds is 8. The Balaban J connectivity index is 2.59. The average molecular weight is 294 g/mol. The second-order valence-electron chi connectivity index (χ2n) is 5.10. The lowest BCUT2D eigenvalue weighted by molar-refractivity contribution is -0.682. The summed E-state index contributed by atoms with van der Waals surface area (Å²) in [6, 6.07) is 4.68. The topological polar surface area (TPSA) is 106 Å². The molecule has 6 heteroatoms. The number of aliphatic hydroxyl groups excluding tert-OH is 1. The summed E-state index contributed by atoms with van der Waals surface area (Å²) in [5, 5.41) is 23.9. The van der Waals surface area contributed by atoms with Crippen LogP contribution in [0.15, 0.2) is 18.2 Å². The lowest BCUT2D eigenvalue weighted by Gasteiger charge is -2.16. The molecule has 0 bridgehead atoms. The Morgan fingerprint density at radius 2 is 2.10 bits per heavy atom. The number of carboxylic acid groups (broad SMARTS) is 1.